The normalized spacial score (nSPS) is 29.7. The van der Waals surface area contributed by atoms with E-state index in [0.717, 1.165) is 16.0 Å². The molecule has 2 saturated carbocycles. The lowest BCUT2D eigenvalue weighted by molar-refractivity contribution is -0.144. The zero-order valence-electron chi connectivity index (χ0n) is 26.3. The van der Waals surface area contributed by atoms with Crippen molar-refractivity contribution in [3.8, 4) is 0 Å². The van der Waals surface area contributed by atoms with Gasteiger partial charge in [-0.2, -0.15) is 0 Å². The van der Waals surface area contributed by atoms with Gasteiger partial charge in [-0.1, -0.05) is 56.2 Å². The van der Waals surface area contributed by atoms with Crippen molar-refractivity contribution in [1.82, 2.24) is 14.5 Å². The molecule has 0 radical (unpaired) electrons. The Morgan fingerprint density at radius 2 is 2.02 bits per heavy atom. The van der Waals surface area contributed by atoms with Gasteiger partial charge in [0, 0.05) is 18.9 Å². The predicted octanol–water partition coefficient (Wildman–Crippen LogP) is 3.02. The molecule has 0 spiro atoms. The molecule has 12 nitrogen and oxygen atoms in total. The number of fused-ring (bicyclic) bond motifs is 4. The zero-order valence-corrected chi connectivity index (χ0v) is 27.1. The summed E-state index contributed by atoms with van der Waals surface area (Å²) in [5.74, 6) is -2.80. The smallest absolute Gasteiger partial charge is 0.411 e. The third kappa shape index (κ3) is 7.15. The van der Waals surface area contributed by atoms with Crippen LogP contribution in [0.25, 0.3) is 6.08 Å². The van der Waals surface area contributed by atoms with Gasteiger partial charge in [-0.05, 0) is 55.7 Å². The number of rotatable bonds is 9. The van der Waals surface area contributed by atoms with Crippen LogP contribution < -0.4 is 10.5 Å². The average molecular weight is 657 g/mol. The molecule has 46 heavy (non-hydrogen) atoms. The quantitative estimate of drug-likeness (QED) is 0.383. The lowest BCUT2D eigenvalue weighted by atomic mass is 10.0. The number of primary amides is 1. The molecule has 1 saturated heterocycles. The van der Waals surface area contributed by atoms with Gasteiger partial charge < -0.3 is 20.1 Å². The molecule has 0 aromatic heterocycles. The van der Waals surface area contributed by atoms with Gasteiger partial charge in [-0.3, -0.25) is 24.0 Å². The summed E-state index contributed by atoms with van der Waals surface area (Å²) in [7, 11) is -3.97. The van der Waals surface area contributed by atoms with Gasteiger partial charge in [0.1, 0.15) is 17.6 Å². The first-order chi connectivity index (χ1) is 22.0. The monoisotopic (exact) mass is 656 g/mol. The molecule has 1 aromatic carbocycles. The summed E-state index contributed by atoms with van der Waals surface area (Å²) in [5.41, 5.74) is 5.98. The highest BCUT2D eigenvalue weighted by molar-refractivity contribution is 7.91. The number of ether oxygens (including phenoxy) is 2. The first kappa shape index (κ1) is 33.6. The second-order valence-corrected chi connectivity index (χ2v) is 14.6. The second-order valence-electron chi connectivity index (χ2n) is 12.7. The molecule has 2 aliphatic heterocycles. The number of allylic oxidation sites excluding steroid dienone is 1. The Balaban J connectivity index is 1.53. The topological polar surface area (TPSA) is 165 Å². The van der Waals surface area contributed by atoms with Gasteiger partial charge >= 0.3 is 6.09 Å². The minimum atomic E-state index is -3.97. The number of carbonyl (C=O) groups is 4. The summed E-state index contributed by atoms with van der Waals surface area (Å²) in [6.07, 6.45) is 7.56. The van der Waals surface area contributed by atoms with E-state index >= 15 is 0 Å². The molecule has 0 unspecified atom stereocenters. The third-order valence-electron chi connectivity index (χ3n) is 9.28. The summed E-state index contributed by atoms with van der Waals surface area (Å²) in [4.78, 5) is 57.7. The molecule has 13 heteroatoms. The van der Waals surface area contributed by atoms with Gasteiger partial charge in [0.2, 0.25) is 21.8 Å². The summed E-state index contributed by atoms with van der Waals surface area (Å²) in [5, 5.41) is -0.674. The van der Waals surface area contributed by atoms with Crippen molar-refractivity contribution in [3.63, 3.8) is 0 Å². The Morgan fingerprint density at radius 1 is 1.24 bits per heavy atom. The van der Waals surface area contributed by atoms with Crippen molar-refractivity contribution in [2.24, 2.45) is 11.7 Å². The number of carbonyl (C=O) groups excluding carboxylic acids is 4. The van der Waals surface area contributed by atoms with Gasteiger partial charge in [0.05, 0.1) is 24.6 Å². The van der Waals surface area contributed by atoms with E-state index in [1.165, 1.54) is 11.0 Å². The van der Waals surface area contributed by atoms with Crippen molar-refractivity contribution < 1.29 is 37.1 Å². The predicted molar refractivity (Wildman–Crippen MR) is 170 cm³/mol. The fourth-order valence-electron chi connectivity index (χ4n) is 6.48. The summed E-state index contributed by atoms with van der Waals surface area (Å²) in [6, 6.07) is 5.61. The van der Waals surface area contributed by atoms with E-state index in [4.69, 9.17) is 15.2 Å². The highest BCUT2D eigenvalue weighted by Gasteiger charge is 2.68. The van der Waals surface area contributed by atoms with Crippen LogP contribution in [0.15, 0.2) is 43.0 Å². The van der Waals surface area contributed by atoms with Crippen molar-refractivity contribution in [2.75, 3.05) is 13.2 Å². The molecule has 5 atom stereocenters. The molecule has 5 rings (SSSR count). The maximum absolute atomic E-state index is 14.5. The van der Waals surface area contributed by atoms with E-state index < -0.39 is 68.7 Å². The van der Waals surface area contributed by atoms with E-state index in [1.54, 1.807) is 0 Å². The zero-order chi connectivity index (χ0) is 33.1. The molecule has 4 aliphatic rings. The molecule has 250 valence electrons. The highest BCUT2D eigenvalue weighted by atomic mass is 32.2. The minimum absolute atomic E-state index is 0.00870. The lowest BCUT2D eigenvalue weighted by Gasteiger charge is -2.39. The summed E-state index contributed by atoms with van der Waals surface area (Å²) in [6.45, 7) is 6.08. The molecule has 4 bridgehead atoms. The fraction of sp³-hybridized carbons (Fsp3) is 0.576. The van der Waals surface area contributed by atoms with Crippen LogP contribution in [0.2, 0.25) is 0 Å². The minimum Gasteiger partial charge on any atom is -0.449 e. The third-order valence-corrected chi connectivity index (χ3v) is 11.1. The molecular formula is C33H44N4O8S. The van der Waals surface area contributed by atoms with Gasteiger partial charge in [-0.15, -0.1) is 6.58 Å². The molecule has 2 heterocycles. The Bertz CT molecular complexity index is 1490. The van der Waals surface area contributed by atoms with Gasteiger partial charge in [0.25, 0.3) is 5.91 Å². The summed E-state index contributed by atoms with van der Waals surface area (Å²) < 4.78 is 39.9. The molecule has 4 amide bonds. The first-order valence-electron chi connectivity index (χ1n) is 16.1. The number of nitrogens with two attached hydrogens (primary N) is 1. The van der Waals surface area contributed by atoms with E-state index in [0.29, 0.717) is 38.5 Å². The van der Waals surface area contributed by atoms with Crippen LogP contribution in [0, 0.1) is 5.92 Å². The van der Waals surface area contributed by atoms with Crippen LogP contribution in [0.1, 0.15) is 75.8 Å². The first-order valence-corrected chi connectivity index (χ1v) is 17.7. The Labute approximate surface area is 270 Å². The van der Waals surface area contributed by atoms with Crippen molar-refractivity contribution in [1.29, 1.82) is 0 Å². The SMILES string of the molecule is C=C[C@@H]1C[C@@]1(C(=O)NS(=O)(=O)C1CC1)N1C(=O)OCCC/C=C/c2cccc(c2)CO[C@@H]2C[C@@H](C(N)=O)N(C2)C(=O)[C@@H]1CCCC. The van der Waals surface area contributed by atoms with E-state index in [9.17, 15) is 27.6 Å². The van der Waals surface area contributed by atoms with Crippen LogP contribution in [0.3, 0.4) is 0 Å². The Hall–Kier alpha value is -3.71. The van der Waals surface area contributed by atoms with E-state index in [-0.39, 0.29) is 39.0 Å². The van der Waals surface area contributed by atoms with E-state index in [2.05, 4.69) is 11.3 Å². The van der Waals surface area contributed by atoms with Crippen LogP contribution in [-0.4, -0.2) is 84.2 Å². The van der Waals surface area contributed by atoms with Crippen LogP contribution >= 0.6 is 0 Å². The summed E-state index contributed by atoms with van der Waals surface area (Å²) >= 11 is 0. The van der Waals surface area contributed by atoms with Gasteiger partial charge in [0.15, 0.2) is 0 Å². The number of amides is 4. The number of cyclic esters (lactones) is 1. The maximum atomic E-state index is 14.5. The fourth-order valence-corrected chi connectivity index (χ4v) is 7.84. The number of hydrogen-bond donors (Lipinski definition) is 2. The van der Waals surface area contributed by atoms with E-state index in [1.807, 2.05) is 43.3 Å². The second kappa shape index (κ2) is 14.0. The van der Waals surface area contributed by atoms with Crippen LogP contribution in [0.4, 0.5) is 4.79 Å². The van der Waals surface area contributed by atoms with Crippen LogP contribution in [0.5, 0.6) is 0 Å². The Morgan fingerprint density at radius 3 is 2.70 bits per heavy atom. The average Bonchev–Trinajstić information content (AvgIpc) is 3.95. The van der Waals surface area contributed by atoms with Crippen molar-refractivity contribution in [3.05, 3.63) is 54.1 Å². The van der Waals surface area contributed by atoms with Crippen molar-refractivity contribution >= 4 is 39.9 Å². The number of unbranched alkanes of at least 4 members (excludes halogenated alkanes) is 1. The van der Waals surface area contributed by atoms with Crippen LogP contribution in [-0.2, 0) is 40.5 Å². The molecular weight excluding hydrogens is 612 g/mol. The van der Waals surface area contributed by atoms with Crippen molar-refractivity contribution in [2.45, 2.75) is 100 Å². The Kier molecular flexibility index (Phi) is 10.2. The number of hydrogen-bond acceptors (Lipinski definition) is 8. The molecule has 3 fully saturated rings. The largest absolute Gasteiger partial charge is 0.449 e. The highest BCUT2D eigenvalue weighted by Crippen LogP contribution is 2.52. The number of sulfonamides is 1. The molecule has 3 N–H and O–H groups in total. The molecule has 1 aromatic rings. The number of nitrogens with zero attached hydrogens (tertiary/aromatic N) is 2. The number of benzene rings is 1. The molecule has 2 aliphatic carbocycles. The van der Waals surface area contributed by atoms with Gasteiger partial charge in [-0.25, -0.2) is 13.2 Å². The maximum Gasteiger partial charge on any atom is 0.411 e. The number of nitrogens with one attached hydrogen (secondary N) is 1. The lowest BCUT2D eigenvalue weighted by Crippen LogP contribution is -2.62. The standard InChI is InChI=1S/C33H44N4O8S/c1-3-5-13-27-30(39)36-20-25(18-28(36)29(34)38)45-21-23-12-9-11-22(17-23)10-7-6-8-16-44-32(41)37(27)33(19-24(33)4-2)31(40)35-46(42,43)26-14-15-26/h4,7,9-12,17,24-28H,2-3,5-6,8,13-16,18-21H2,1H3,(H2,34,38)(H,35,40)/b10-7+/t24-,25-,27+,28+,33-/m1/s1.